The van der Waals surface area contributed by atoms with Crippen LogP contribution < -0.4 is 4.90 Å². The number of aromatic nitrogens is 4. The fourth-order valence-corrected chi connectivity index (χ4v) is 8.85. The van der Waals surface area contributed by atoms with E-state index in [2.05, 4.69) is 39.6 Å². The van der Waals surface area contributed by atoms with Crippen LogP contribution in [0, 0.1) is 0 Å². The SMILES string of the molecule is C=C1[C@@H](O)[C@H](n2ncc3c(N4CC[Si](C)(C)CC4)nc(Cl)nc32)O[C@@H]1COP(=O)(O)CP(=O)(O)O. The van der Waals surface area contributed by atoms with Crippen LogP contribution in [0.5, 0.6) is 0 Å². The Bertz CT molecular complexity index is 1230. The Hall–Kier alpha value is -1.18. The van der Waals surface area contributed by atoms with Gasteiger partial charge in [0.05, 0.1) is 26.3 Å². The smallest absolute Gasteiger partial charge is 0.340 e. The first kappa shape index (κ1) is 26.9. The Labute approximate surface area is 207 Å². The van der Waals surface area contributed by atoms with Gasteiger partial charge in [-0.2, -0.15) is 15.1 Å². The minimum Gasteiger partial charge on any atom is -0.384 e. The third kappa shape index (κ3) is 6.04. The Balaban J connectivity index is 1.56. The fraction of sp³-hybridized carbons (Fsp3) is 0.611. The molecule has 0 amide bonds. The molecule has 2 aromatic rings. The van der Waals surface area contributed by atoms with Crippen LogP contribution in [-0.4, -0.2) is 85.4 Å². The van der Waals surface area contributed by atoms with Crippen molar-refractivity contribution in [1.82, 2.24) is 19.7 Å². The second-order valence-corrected chi connectivity index (χ2v) is 19.2. The molecule has 2 aliphatic rings. The highest BCUT2D eigenvalue weighted by atomic mass is 35.5. The lowest BCUT2D eigenvalue weighted by Crippen LogP contribution is -2.43. The van der Waals surface area contributed by atoms with Crippen LogP contribution in [0.2, 0.25) is 30.5 Å². The van der Waals surface area contributed by atoms with Gasteiger partial charge in [0.15, 0.2) is 17.8 Å². The zero-order valence-corrected chi connectivity index (χ0v) is 22.7. The van der Waals surface area contributed by atoms with Gasteiger partial charge in [-0.25, -0.2) is 4.68 Å². The van der Waals surface area contributed by atoms with E-state index in [1.54, 1.807) is 6.20 Å². The first-order valence-electron chi connectivity index (χ1n) is 10.8. The molecule has 4 heterocycles. The van der Waals surface area contributed by atoms with Gasteiger partial charge in [-0.05, 0) is 29.3 Å². The minimum absolute atomic E-state index is 0.0150. The molecule has 194 valence electrons. The van der Waals surface area contributed by atoms with Crippen molar-refractivity contribution in [3.63, 3.8) is 0 Å². The van der Waals surface area contributed by atoms with E-state index in [9.17, 15) is 19.1 Å². The van der Waals surface area contributed by atoms with Crippen molar-refractivity contribution >= 4 is 51.7 Å². The zero-order valence-electron chi connectivity index (χ0n) is 19.2. The summed E-state index contributed by atoms with van der Waals surface area (Å²) in [4.78, 5) is 38.5. The molecule has 0 aromatic carbocycles. The standard InChI is InChI=1S/C18H28ClN5O8P2Si/c1-11-13(9-31-34(29,30)10-33(26,27)28)32-17(14(11)25)24-16-12(8-20-24)15(21-18(19)22-16)23-4-6-35(2,3)7-5-23/h8,13-14,17,25H,1,4-7,9-10H2,2-3H3,(H,29,30)(H2,26,27,28)/t13-,14-,17-/m1/s1. The molecule has 2 aliphatic heterocycles. The summed E-state index contributed by atoms with van der Waals surface area (Å²) in [5.74, 6) is -0.677. The molecule has 0 spiro atoms. The van der Waals surface area contributed by atoms with Gasteiger partial charge in [0.25, 0.3) is 0 Å². The molecule has 35 heavy (non-hydrogen) atoms. The molecule has 2 fully saturated rings. The highest BCUT2D eigenvalue weighted by Gasteiger charge is 2.42. The van der Waals surface area contributed by atoms with Gasteiger partial charge >= 0.3 is 15.2 Å². The number of aliphatic hydroxyl groups excluding tert-OH is 1. The van der Waals surface area contributed by atoms with Crippen LogP contribution in [0.1, 0.15) is 6.23 Å². The maximum absolute atomic E-state index is 12.0. The maximum atomic E-state index is 12.0. The summed E-state index contributed by atoms with van der Waals surface area (Å²) in [5.41, 5.74) is 0.494. The lowest BCUT2D eigenvalue weighted by Gasteiger charge is -2.36. The molecule has 2 saturated heterocycles. The summed E-state index contributed by atoms with van der Waals surface area (Å²) in [6.45, 7) is 9.64. The van der Waals surface area contributed by atoms with Crippen LogP contribution in [-0.2, 0) is 18.4 Å². The summed E-state index contributed by atoms with van der Waals surface area (Å²) in [6.07, 6.45) is -1.80. The summed E-state index contributed by atoms with van der Waals surface area (Å²) in [7, 11) is -10.6. The van der Waals surface area contributed by atoms with E-state index in [1.165, 1.54) is 4.68 Å². The lowest BCUT2D eigenvalue weighted by molar-refractivity contribution is -0.0526. The first-order valence-corrected chi connectivity index (χ1v) is 18.2. The molecule has 0 bridgehead atoms. The van der Waals surface area contributed by atoms with Gasteiger partial charge in [0, 0.05) is 13.1 Å². The van der Waals surface area contributed by atoms with Crippen molar-refractivity contribution in [2.45, 2.75) is 43.6 Å². The molecule has 4 atom stereocenters. The van der Waals surface area contributed by atoms with Crippen molar-refractivity contribution in [2.75, 3.05) is 30.5 Å². The third-order valence-electron chi connectivity index (χ3n) is 6.22. The second kappa shape index (κ2) is 9.60. The van der Waals surface area contributed by atoms with Gasteiger partial charge in [-0.1, -0.05) is 19.7 Å². The predicted molar refractivity (Wildman–Crippen MR) is 131 cm³/mol. The number of hydrogen-bond acceptors (Lipinski definition) is 9. The van der Waals surface area contributed by atoms with Crippen LogP contribution in [0.4, 0.5) is 5.82 Å². The van der Waals surface area contributed by atoms with Gasteiger partial charge in [0.1, 0.15) is 18.0 Å². The van der Waals surface area contributed by atoms with Gasteiger partial charge in [-0.15, -0.1) is 0 Å². The van der Waals surface area contributed by atoms with Crippen molar-refractivity contribution in [1.29, 1.82) is 0 Å². The molecule has 0 aliphatic carbocycles. The molecule has 4 rings (SSSR count). The summed E-state index contributed by atoms with van der Waals surface area (Å²) in [6, 6.07) is 2.24. The Morgan fingerprint density at radius 3 is 2.54 bits per heavy atom. The van der Waals surface area contributed by atoms with Crippen LogP contribution in [0.3, 0.4) is 0 Å². The summed E-state index contributed by atoms with van der Waals surface area (Å²) in [5, 5.41) is 15.7. The minimum atomic E-state index is -4.78. The quantitative estimate of drug-likeness (QED) is 0.166. The summed E-state index contributed by atoms with van der Waals surface area (Å²) < 4.78 is 35.0. The van der Waals surface area contributed by atoms with Crippen molar-refractivity contribution in [3.8, 4) is 0 Å². The second-order valence-electron chi connectivity index (χ2n) is 9.57. The van der Waals surface area contributed by atoms with Crippen LogP contribution in [0.25, 0.3) is 11.0 Å². The van der Waals surface area contributed by atoms with Gasteiger partial charge in [0.2, 0.25) is 5.28 Å². The van der Waals surface area contributed by atoms with Crippen LogP contribution in [0.15, 0.2) is 18.3 Å². The molecular formula is C18H28ClN5O8P2Si. The number of rotatable bonds is 7. The van der Waals surface area contributed by atoms with E-state index in [4.69, 9.17) is 30.6 Å². The Morgan fingerprint density at radius 1 is 1.26 bits per heavy atom. The Morgan fingerprint density at radius 2 is 1.91 bits per heavy atom. The average molecular weight is 568 g/mol. The molecule has 13 nitrogen and oxygen atoms in total. The first-order chi connectivity index (χ1) is 16.2. The van der Waals surface area contributed by atoms with Crippen molar-refractivity contribution in [2.24, 2.45) is 0 Å². The molecule has 17 heteroatoms. The predicted octanol–water partition coefficient (Wildman–Crippen LogP) is 2.16. The molecule has 1 unspecified atom stereocenters. The largest absolute Gasteiger partial charge is 0.384 e. The number of fused-ring (bicyclic) bond motifs is 1. The molecule has 0 radical (unpaired) electrons. The van der Waals surface area contributed by atoms with Crippen molar-refractivity contribution in [3.05, 3.63) is 23.6 Å². The van der Waals surface area contributed by atoms with E-state index < -0.39 is 54.2 Å². The van der Waals surface area contributed by atoms with E-state index in [0.717, 1.165) is 25.2 Å². The number of halogens is 1. The molecule has 0 saturated carbocycles. The molecule has 4 N–H and O–H groups in total. The van der Waals surface area contributed by atoms with Crippen molar-refractivity contribution < 1.29 is 38.2 Å². The fourth-order valence-electron chi connectivity index (χ4n) is 4.14. The normalized spacial score (nSPS) is 26.9. The summed E-state index contributed by atoms with van der Waals surface area (Å²) >= 11 is 6.24. The highest BCUT2D eigenvalue weighted by Crippen LogP contribution is 2.55. The maximum Gasteiger partial charge on any atom is 0.340 e. The zero-order chi connectivity index (χ0) is 25.8. The number of aliphatic hydroxyl groups is 1. The monoisotopic (exact) mass is 567 g/mol. The lowest BCUT2D eigenvalue weighted by atomic mass is 10.1. The highest BCUT2D eigenvalue weighted by molar-refractivity contribution is 7.70. The number of nitrogens with zero attached hydrogens (tertiary/aromatic N) is 5. The van der Waals surface area contributed by atoms with E-state index in [-0.39, 0.29) is 10.9 Å². The van der Waals surface area contributed by atoms with Gasteiger partial charge in [-0.3, -0.25) is 9.13 Å². The topological polar surface area (TPSA) is 180 Å². The van der Waals surface area contributed by atoms with E-state index >= 15 is 0 Å². The Kier molecular flexibility index (Phi) is 7.37. The third-order valence-corrected chi connectivity index (χ3v) is 13.0. The average Bonchev–Trinajstić information content (AvgIpc) is 3.25. The molecule has 2 aromatic heterocycles. The number of hydrogen-bond donors (Lipinski definition) is 4. The number of anilines is 1. The van der Waals surface area contributed by atoms with Gasteiger partial charge < -0.3 is 33.9 Å². The number of ether oxygens (including phenoxy) is 1. The van der Waals surface area contributed by atoms with E-state index in [0.29, 0.717) is 16.9 Å². The molecular weight excluding hydrogens is 540 g/mol. The van der Waals surface area contributed by atoms with Crippen LogP contribution >= 0.6 is 26.8 Å². The van der Waals surface area contributed by atoms with E-state index in [1.807, 2.05) is 0 Å².